The molecular weight excluding hydrogens is 406 g/mol. The highest BCUT2D eigenvalue weighted by Gasteiger charge is 2.49. The summed E-state index contributed by atoms with van der Waals surface area (Å²) < 4.78 is 0.876. The number of urea groups is 1. The van der Waals surface area contributed by atoms with E-state index in [1.165, 1.54) is 16.2 Å². The molecule has 2 heterocycles. The first-order valence-electron chi connectivity index (χ1n) is 7.52. The number of likely N-dealkylation sites (N-methyl/N-ethyl adjacent to an activating group) is 1. The molecular formula is C17H16BrN3O3S. The lowest BCUT2D eigenvalue weighted by atomic mass is 9.92. The van der Waals surface area contributed by atoms with Gasteiger partial charge >= 0.3 is 6.03 Å². The van der Waals surface area contributed by atoms with E-state index in [0.717, 1.165) is 15.1 Å². The molecule has 1 aromatic heterocycles. The largest absolute Gasteiger partial charge is 0.325 e. The molecule has 1 aliphatic rings. The number of hydrogen-bond donors (Lipinski definition) is 1. The van der Waals surface area contributed by atoms with E-state index in [1.54, 1.807) is 44.3 Å². The summed E-state index contributed by atoms with van der Waals surface area (Å²) >= 11 is 4.82. The molecule has 6 nitrogen and oxygen atoms in total. The van der Waals surface area contributed by atoms with Crippen LogP contribution in [0, 0.1) is 0 Å². The number of anilines is 1. The monoisotopic (exact) mass is 421 g/mol. The van der Waals surface area contributed by atoms with Gasteiger partial charge in [0, 0.05) is 16.9 Å². The first kappa shape index (κ1) is 17.6. The Morgan fingerprint density at radius 1 is 1.28 bits per heavy atom. The Bertz CT molecular complexity index is 822. The number of thiophene rings is 1. The van der Waals surface area contributed by atoms with Crippen LogP contribution < -0.4 is 10.2 Å². The fourth-order valence-electron chi connectivity index (χ4n) is 2.65. The summed E-state index contributed by atoms with van der Waals surface area (Å²) in [6, 6.07) is 8.38. The van der Waals surface area contributed by atoms with Crippen LogP contribution in [0.5, 0.6) is 0 Å². The Morgan fingerprint density at radius 3 is 2.56 bits per heavy atom. The van der Waals surface area contributed by atoms with Crippen LogP contribution in [-0.4, -0.2) is 36.3 Å². The zero-order valence-electron chi connectivity index (χ0n) is 13.7. The third-order valence-electron chi connectivity index (χ3n) is 4.26. The summed E-state index contributed by atoms with van der Waals surface area (Å²) in [6.45, 7) is 1.34. The van der Waals surface area contributed by atoms with E-state index in [2.05, 4.69) is 21.2 Å². The van der Waals surface area contributed by atoms with Crippen LogP contribution in [0.3, 0.4) is 0 Å². The summed E-state index contributed by atoms with van der Waals surface area (Å²) in [5.41, 5.74) is 0.215. The molecule has 1 atom stereocenters. The van der Waals surface area contributed by atoms with Gasteiger partial charge in [-0.25, -0.2) is 4.79 Å². The second kappa shape index (κ2) is 6.61. The van der Waals surface area contributed by atoms with Crippen molar-refractivity contribution in [2.24, 2.45) is 0 Å². The fraction of sp³-hybridized carbons (Fsp3) is 0.235. The van der Waals surface area contributed by atoms with Gasteiger partial charge in [0.1, 0.15) is 12.1 Å². The van der Waals surface area contributed by atoms with Crippen molar-refractivity contribution in [1.29, 1.82) is 0 Å². The summed E-state index contributed by atoms with van der Waals surface area (Å²) in [7, 11) is 1.62. The number of nitrogens with zero attached hydrogens (tertiary/aromatic N) is 2. The minimum Gasteiger partial charge on any atom is -0.319 e. The Balaban J connectivity index is 1.79. The van der Waals surface area contributed by atoms with Crippen molar-refractivity contribution < 1.29 is 14.4 Å². The average Bonchev–Trinajstić information content (AvgIpc) is 3.19. The minimum absolute atomic E-state index is 0.302. The number of imide groups is 1. The number of benzene rings is 1. The smallest absolute Gasteiger partial charge is 0.319 e. The molecule has 0 saturated carbocycles. The summed E-state index contributed by atoms with van der Waals surface area (Å²) in [6.07, 6.45) is 0. The third kappa shape index (κ3) is 3.19. The molecule has 1 aromatic carbocycles. The minimum atomic E-state index is -1.18. The van der Waals surface area contributed by atoms with Gasteiger partial charge in [-0.2, -0.15) is 11.3 Å². The summed E-state index contributed by atoms with van der Waals surface area (Å²) in [5.74, 6) is -0.770. The number of nitrogens with one attached hydrogen (secondary N) is 1. The quantitative estimate of drug-likeness (QED) is 0.771. The number of hydrogen-bond acceptors (Lipinski definition) is 4. The molecule has 0 aliphatic carbocycles. The van der Waals surface area contributed by atoms with Crippen molar-refractivity contribution in [3.05, 3.63) is 51.1 Å². The molecule has 4 amide bonds. The van der Waals surface area contributed by atoms with E-state index >= 15 is 0 Å². The van der Waals surface area contributed by atoms with Crippen LogP contribution in [0.4, 0.5) is 10.5 Å². The van der Waals surface area contributed by atoms with Crippen LogP contribution in [-0.2, 0) is 15.1 Å². The normalized spacial score (nSPS) is 19.9. The highest BCUT2D eigenvalue weighted by atomic mass is 79.9. The molecule has 0 spiro atoms. The lowest BCUT2D eigenvalue weighted by molar-refractivity contribution is -0.134. The molecule has 2 aromatic rings. The van der Waals surface area contributed by atoms with E-state index in [0.29, 0.717) is 5.56 Å². The van der Waals surface area contributed by atoms with E-state index in [9.17, 15) is 14.4 Å². The van der Waals surface area contributed by atoms with Gasteiger partial charge < -0.3 is 10.2 Å². The Kier molecular flexibility index (Phi) is 4.66. The standard InChI is InChI=1S/C17H16BrN3O3S/c1-17(11-3-5-12(18)6-4-11)15(23)21(16(24)19-17)9-14(22)20(2)13-7-8-25-10-13/h3-8,10H,9H2,1-2H3,(H,19,24). The highest BCUT2D eigenvalue weighted by molar-refractivity contribution is 9.10. The van der Waals surface area contributed by atoms with E-state index in [1.807, 2.05) is 10.8 Å². The lowest BCUT2D eigenvalue weighted by Gasteiger charge is -2.23. The highest BCUT2D eigenvalue weighted by Crippen LogP contribution is 2.30. The number of amides is 4. The number of carbonyl (C=O) groups excluding carboxylic acids is 3. The van der Waals surface area contributed by atoms with Crippen molar-refractivity contribution in [3.8, 4) is 0 Å². The second-order valence-electron chi connectivity index (χ2n) is 5.89. The van der Waals surface area contributed by atoms with Crippen LogP contribution in [0.25, 0.3) is 0 Å². The molecule has 0 bridgehead atoms. The zero-order valence-corrected chi connectivity index (χ0v) is 16.1. The summed E-state index contributed by atoms with van der Waals surface area (Å²) in [4.78, 5) is 40.0. The number of rotatable bonds is 4. The van der Waals surface area contributed by atoms with Crippen molar-refractivity contribution in [1.82, 2.24) is 10.2 Å². The van der Waals surface area contributed by atoms with Crippen molar-refractivity contribution >= 4 is 50.8 Å². The Hall–Kier alpha value is -2.19. The van der Waals surface area contributed by atoms with E-state index in [4.69, 9.17) is 0 Å². The third-order valence-corrected chi connectivity index (χ3v) is 5.46. The maximum Gasteiger partial charge on any atom is 0.325 e. The molecule has 1 aliphatic heterocycles. The fourth-order valence-corrected chi connectivity index (χ4v) is 3.59. The van der Waals surface area contributed by atoms with Gasteiger partial charge in [-0.15, -0.1) is 0 Å². The van der Waals surface area contributed by atoms with Crippen molar-refractivity contribution in [2.45, 2.75) is 12.5 Å². The predicted molar refractivity (Wildman–Crippen MR) is 99.5 cm³/mol. The molecule has 1 unspecified atom stereocenters. The molecule has 1 fully saturated rings. The van der Waals surface area contributed by atoms with Crippen LogP contribution in [0.15, 0.2) is 45.6 Å². The van der Waals surface area contributed by atoms with Crippen LogP contribution >= 0.6 is 27.3 Å². The van der Waals surface area contributed by atoms with Crippen molar-refractivity contribution in [3.63, 3.8) is 0 Å². The first-order valence-corrected chi connectivity index (χ1v) is 9.25. The van der Waals surface area contributed by atoms with Gasteiger partial charge in [-0.3, -0.25) is 14.5 Å². The Morgan fingerprint density at radius 2 is 1.96 bits per heavy atom. The molecule has 1 saturated heterocycles. The lowest BCUT2D eigenvalue weighted by Crippen LogP contribution is -2.43. The summed E-state index contributed by atoms with van der Waals surface area (Å²) in [5, 5.41) is 6.39. The first-order chi connectivity index (χ1) is 11.8. The van der Waals surface area contributed by atoms with E-state index < -0.39 is 17.5 Å². The topological polar surface area (TPSA) is 69.7 Å². The van der Waals surface area contributed by atoms with Gasteiger partial charge in [0.05, 0.1) is 5.69 Å². The van der Waals surface area contributed by atoms with Gasteiger partial charge in [0.15, 0.2) is 0 Å². The molecule has 1 N–H and O–H groups in total. The van der Waals surface area contributed by atoms with E-state index in [-0.39, 0.29) is 12.5 Å². The Labute approximate surface area is 157 Å². The molecule has 25 heavy (non-hydrogen) atoms. The zero-order chi connectivity index (χ0) is 18.2. The van der Waals surface area contributed by atoms with Crippen LogP contribution in [0.1, 0.15) is 12.5 Å². The van der Waals surface area contributed by atoms with Gasteiger partial charge in [0.25, 0.3) is 5.91 Å². The maximum absolute atomic E-state index is 12.8. The molecule has 130 valence electrons. The molecule has 0 radical (unpaired) electrons. The predicted octanol–water partition coefficient (Wildman–Crippen LogP) is 2.94. The van der Waals surface area contributed by atoms with Crippen LogP contribution in [0.2, 0.25) is 0 Å². The number of carbonyl (C=O) groups is 3. The van der Waals surface area contributed by atoms with Gasteiger partial charge in [-0.1, -0.05) is 28.1 Å². The molecule has 3 rings (SSSR count). The van der Waals surface area contributed by atoms with Crippen molar-refractivity contribution in [2.75, 3.05) is 18.5 Å². The van der Waals surface area contributed by atoms with Gasteiger partial charge in [-0.05, 0) is 36.1 Å². The maximum atomic E-state index is 12.8. The number of halogens is 1. The SMILES string of the molecule is CN(C(=O)CN1C(=O)NC(C)(c2ccc(Br)cc2)C1=O)c1ccsc1. The second-order valence-corrected chi connectivity index (χ2v) is 7.58. The molecule has 8 heteroatoms. The van der Waals surface area contributed by atoms with Gasteiger partial charge in [0.2, 0.25) is 5.91 Å². The average molecular weight is 422 g/mol.